The first kappa shape index (κ1) is 89.4. The molecule has 94 heavy (non-hydrogen) atoms. The van der Waals surface area contributed by atoms with E-state index in [1.54, 1.807) is 0 Å². The first-order chi connectivity index (χ1) is 46.0. The van der Waals surface area contributed by atoms with Crippen molar-refractivity contribution in [3.05, 3.63) is 170 Å². The van der Waals surface area contributed by atoms with E-state index in [4.69, 9.17) is 18.5 Å². The van der Waals surface area contributed by atoms with Gasteiger partial charge in [-0.15, -0.1) is 0 Å². The lowest BCUT2D eigenvalue weighted by Crippen LogP contribution is -2.37. The first-order valence-corrected chi connectivity index (χ1v) is 39.3. The van der Waals surface area contributed by atoms with E-state index in [0.717, 1.165) is 116 Å². The number of allylic oxidation sites excluding steroid dienone is 28. The second-order valence-electron chi connectivity index (χ2n) is 25.9. The molecular weight excluding hydrogens is 1180 g/mol. The van der Waals surface area contributed by atoms with E-state index >= 15 is 0 Å². The molecule has 0 saturated heterocycles. The summed E-state index contributed by atoms with van der Waals surface area (Å²) in [6, 6.07) is 0. The molecule has 10 heteroatoms. The summed E-state index contributed by atoms with van der Waals surface area (Å²) in [6.45, 7) is 4.07. The Hall–Kier alpha value is -4.63. The molecule has 0 aromatic carbocycles. The summed E-state index contributed by atoms with van der Waals surface area (Å²) in [5.74, 6) is -0.888. The van der Waals surface area contributed by atoms with Crippen LogP contribution in [0.5, 0.6) is 0 Å². The van der Waals surface area contributed by atoms with Gasteiger partial charge in [-0.05, 0) is 135 Å². The first-order valence-electron chi connectivity index (χ1n) is 37.8. The Balaban J connectivity index is 4.15. The zero-order valence-electron chi connectivity index (χ0n) is 60.8. The van der Waals surface area contributed by atoms with Crippen molar-refractivity contribution in [2.24, 2.45) is 0 Å². The Bertz CT molecular complexity index is 2200. The van der Waals surface area contributed by atoms with E-state index in [0.29, 0.717) is 17.4 Å². The number of esters is 2. The summed E-state index contributed by atoms with van der Waals surface area (Å²) in [4.78, 5) is 38.1. The van der Waals surface area contributed by atoms with Gasteiger partial charge in [-0.3, -0.25) is 14.2 Å². The van der Waals surface area contributed by atoms with Gasteiger partial charge in [-0.25, -0.2) is 0 Å². The molecule has 0 bridgehead atoms. The Morgan fingerprint density at radius 2 is 0.606 bits per heavy atom. The molecule has 0 aromatic heterocycles. The van der Waals surface area contributed by atoms with Crippen LogP contribution in [0.1, 0.15) is 296 Å². The molecule has 0 amide bonds. The second-order valence-corrected chi connectivity index (χ2v) is 27.3. The number of carbonyl (C=O) groups excluding carboxylic acids is 2. The normalized spacial score (nSPS) is 14.1. The van der Waals surface area contributed by atoms with Gasteiger partial charge in [-0.1, -0.05) is 319 Å². The topological polar surface area (TPSA) is 111 Å². The summed E-state index contributed by atoms with van der Waals surface area (Å²) in [5.41, 5.74) is 0. The summed E-state index contributed by atoms with van der Waals surface area (Å²) < 4.78 is 34.3. The third-order valence-corrected chi connectivity index (χ3v) is 16.7. The smallest absolute Gasteiger partial charge is 0.306 e. The second kappa shape index (κ2) is 72.6. The number of phosphoric ester groups is 1. The van der Waals surface area contributed by atoms with Crippen LogP contribution in [0.25, 0.3) is 0 Å². The van der Waals surface area contributed by atoms with E-state index in [9.17, 15) is 19.0 Å². The molecule has 0 spiro atoms. The van der Waals surface area contributed by atoms with Crippen molar-refractivity contribution in [1.82, 2.24) is 0 Å². The third-order valence-electron chi connectivity index (χ3n) is 15.7. The van der Waals surface area contributed by atoms with Crippen LogP contribution in [0, 0.1) is 0 Å². The minimum Gasteiger partial charge on any atom is -0.756 e. The molecule has 0 aliphatic heterocycles. The van der Waals surface area contributed by atoms with Crippen LogP contribution in [0.3, 0.4) is 0 Å². The van der Waals surface area contributed by atoms with Gasteiger partial charge in [0.25, 0.3) is 7.82 Å². The van der Waals surface area contributed by atoms with E-state index in [-0.39, 0.29) is 26.1 Å². The number of hydrogen-bond donors (Lipinski definition) is 0. The zero-order valence-corrected chi connectivity index (χ0v) is 61.7. The van der Waals surface area contributed by atoms with Gasteiger partial charge >= 0.3 is 11.9 Å². The molecule has 0 fully saturated rings. The van der Waals surface area contributed by atoms with Gasteiger partial charge in [0.2, 0.25) is 0 Å². The van der Waals surface area contributed by atoms with E-state index in [1.807, 2.05) is 21.1 Å². The fraction of sp³-hybridized carbons (Fsp3) is 0.643. The standard InChI is InChI=1S/C84H140NO8P/c1-6-8-10-12-14-16-18-20-22-24-26-28-30-32-34-36-38-39-40-41-42-43-44-45-47-49-51-53-55-57-59-61-63-65-67-69-71-73-75-77-84(87)93-82(81-92-94(88,89)91-79-78-85(3,4)5)80-90-83(86)76-74-72-70-68-66-64-62-60-58-56-54-52-50-48-46-37-35-33-31-29-27-25-23-21-19-17-15-13-11-9-7-2/h8,10,14,16,19-22,25-28,32,34,38-39,41-42,44-45,49,51,55,57,61,63,67,69,82H,6-7,9,11-13,15,17-18,23-24,29-31,33,35-37,40,43,46-48,50,52-54,56,58-60,62,64-66,68,70-81H2,1-5H3/b10-8-,16-14-,21-19-,22-20-,27-25-,28-26-,34-32-,39-38-,42-41-,45-44-,51-49-,57-55-,63-61-,69-67-. The number of unbranched alkanes of at least 4 members (excludes halogenated alkanes) is 26. The Labute approximate surface area is 578 Å². The monoisotopic (exact) mass is 1320 g/mol. The molecule has 0 aliphatic carbocycles. The minimum atomic E-state index is -4.67. The van der Waals surface area contributed by atoms with Crippen LogP contribution in [0.2, 0.25) is 0 Å². The van der Waals surface area contributed by atoms with Crippen LogP contribution in [-0.4, -0.2) is 70.0 Å². The van der Waals surface area contributed by atoms with Crippen LogP contribution < -0.4 is 4.89 Å². The Kier molecular flexibility index (Phi) is 69.1. The predicted octanol–water partition coefficient (Wildman–Crippen LogP) is 24.6. The molecule has 0 radical (unpaired) electrons. The summed E-state index contributed by atoms with van der Waals surface area (Å²) in [7, 11) is 1.12. The van der Waals surface area contributed by atoms with E-state index < -0.39 is 32.5 Å². The van der Waals surface area contributed by atoms with Crippen molar-refractivity contribution >= 4 is 19.8 Å². The molecule has 534 valence electrons. The highest BCUT2D eigenvalue weighted by atomic mass is 31.2. The van der Waals surface area contributed by atoms with Crippen LogP contribution in [0.4, 0.5) is 0 Å². The Morgan fingerprint density at radius 1 is 0.340 bits per heavy atom. The summed E-state index contributed by atoms with van der Waals surface area (Å²) in [5, 5.41) is 0. The molecule has 9 nitrogen and oxygen atoms in total. The fourth-order valence-electron chi connectivity index (χ4n) is 9.96. The zero-order chi connectivity index (χ0) is 68.3. The van der Waals surface area contributed by atoms with Crippen molar-refractivity contribution in [2.75, 3.05) is 47.5 Å². The highest BCUT2D eigenvalue weighted by Crippen LogP contribution is 2.38. The number of phosphoric acid groups is 1. The molecule has 0 rings (SSSR count). The number of rotatable bonds is 68. The number of quaternary nitrogens is 1. The average Bonchev–Trinajstić information content (AvgIpc) is 1.56. The van der Waals surface area contributed by atoms with E-state index in [2.05, 4.69) is 184 Å². The van der Waals surface area contributed by atoms with Gasteiger partial charge in [0.1, 0.15) is 19.8 Å². The van der Waals surface area contributed by atoms with Crippen molar-refractivity contribution in [3.8, 4) is 0 Å². The van der Waals surface area contributed by atoms with Gasteiger partial charge in [-0.2, -0.15) is 0 Å². The molecule has 0 saturated carbocycles. The Morgan fingerprint density at radius 3 is 0.926 bits per heavy atom. The number of nitrogens with zero attached hydrogens (tertiary/aromatic N) is 1. The van der Waals surface area contributed by atoms with Crippen LogP contribution in [-0.2, 0) is 32.7 Å². The van der Waals surface area contributed by atoms with Crippen molar-refractivity contribution in [1.29, 1.82) is 0 Å². The van der Waals surface area contributed by atoms with Crippen molar-refractivity contribution in [2.45, 2.75) is 302 Å². The number of likely N-dealkylation sites (N-methyl/N-ethyl adjacent to an activating group) is 1. The summed E-state index contributed by atoms with van der Waals surface area (Å²) in [6.07, 6.45) is 110. The minimum absolute atomic E-state index is 0.0472. The molecule has 0 aliphatic rings. The number of hydrogen-bond acceptors (Lipinski definition) is 8. The van der Waals surface area contributed by atoms with Crippen molar-refractivity contribution < 1.29 is 42.1 Å². The molecule has 2 unspecified atom stereocenters. The highest BCUT2D eigenvalue weighted by molar-refractivity contribution is 7.45. The maximum absolute atomic E-state index is 12.9. The quantitative estimate of drug-likeness (QED) is 0.0195. The summed E-state index contributed by atoms with van der Waals surface area (Å²) >= 11 is 0. The molecule has 0 aromatic rings. The number of carbonyl (C=O) groups is 2. The molecular formula is C84H140NO8P. The average molecular weight is 1320 g/mol. The van der Waals surface area contributed by atoms with Gasteiger partial charge in [0.15, 0.2) is 6.10 Å². The maximum atomic E-state index is 12.9. The molecule has 2 atom stereocenters. The predicted molar refractivity (Wildman–Crippen MR) is 406 cm³/mol. The van der Waals surface area contributed by atoms with Gasteiger partial charge < -0.3 is 27.9 Å². The maximum Gasteiger partial charge on any atom is 0.306 e. The largest absolute Gasteiger partial charge is 0.756 e. The highest BCUT2D eigenvalue weighted by Gasteiger charge is 2.22. The molecule has 0 N–H and O–H groups in total. The lowest BCUT2D eigenvalue weighted by Gasteiger charge is -2.28. The third kappa shape index (κ3) is 76.4. The van der Waals surface area contributed by atoms with Crippen LogP contribution in [0.15, 0.2) is 170 Å². The van der Waals surface area contributed by atoms with E-state index in [1.165, 1.54) is 148 Å². The van der Waals surface area contributed by atoms with Crippen molar-refractivity contribution in [3.63, 3.8) is 0 Å². The molecule has 0 heterocycles. The number of ether oxygens (including phenoxy) is 2. The van der Waals surface area contributed by atoms with Gasteiger partial charge in [0, 0.05) is 12.8 Å². The van der Waals surface area contributed by atoms with Crippen LogP contribution >= 0.6 is 7.82 Å². The lowest BCUT2D eigenvalue weighted by molar-refractivity contribution is -0.870. The SMILES string of the molecule is CC/C=C\C/C=C\C/C=C\C/C=C\C/C=C\C/C=C\C/C=C\C/C=C\C/C=C\C/C=C\C/C=C\C/C=C\CCCCC(=O)OC(COC(=O)CCCCCCCCCCCCCCCCCCCCC/C=C\C/C=C\CCCCCCC)COP(=O)([O-])OCC[N+](C)(C)C. The van der Waals surface area contributed by atoms with Gasteiger partial charge in [0.05, 0.1) is 27.7 Å². The fourth-order valence-corrected chi connectivity index (χ4v) is 10.7. The lowest BCUT2D eigenvalue weighted by atomic mass is 10.0.